The van der Waals surface area contributed by atoms with E-state index < -0.39 is 6.10 Å². The van der Waals surface area contributed by atoms with Gasteiger partial charge in [-0.15, -0.1) is 0 Å². The summed E-state index contributed by atoms with van der Waals surface area (Å²) in [6, 6.07) is 9.31. The van der Waals surface area contributed by atoms with Gasteiger partial charge in [0, 0.05) is 5.41 Å². The zero-order valence-corrected chi connectivity index (χ0v) is 9.93. The average Bonchev–Trinajstić information content (AvgIpc) is 2.99. The lowest BCUT2D eigenvalue weighted by Crippen LogP contribution is -2.31. The molecule has 0 spiro atoms. The second kappa shape index (κ2) is 3.95. The van der Waals surface area contributed by atoms with Crippen LogP contribution in [0.5, 0.6) is 0 Å². The highest BCUT2D eigenvalue weighted by Crippen LogP contribution is 2.55. The van der Waals surface area contributed by atoms with Crippen molar-refractivity contribution in [3.05, 3.63) is 35.9 Å². The Morgan fingerprint density at radius 3 is 2.41 bits per heavy atom. The molecule has 1 aromatic rings. The summed E-state index contributed by atoms with van der Waals surface area (Å²) in [5.41, 5.74) is 0.544. The number of Topliss-reactive ketones (excluding diaryl/α,β-unsaturated/α-hetero) is 1. The minimum atomic E-state index is -0.923. The molecule has 2 bridgehead atoms. The van der Waals surface area contributed by atoms with Gasteiger partial charge >= 0.3 is 0 Å². The van der Waals surface area contributed by atoms with E-state index in [1.807, 2.05) is 30.3 Å². The van der Waals surface area contributed by atoms with Gasteiger partial charge in [0.25, 0.3) is 0 Å². The normalized spacial score (nSPS) is 32.6. The molecule has 0 amide bonds. The molecule has 2 saturated carbocycles. The van der Waals surface area contributed by atoms with Gasteiger partial charge in [-0.1, -0.05) is 30.3 Å². The number of aliphatic hydroxyl groups excluding tert-OH is 1. The summed E-state index contributed by atoms with van der Waals surface area (Å²) in [7, 11) is 0. The van der Waals surface area contributed by atoms with Gasteiger partial charge in [0.15, 0.2) is 5.78 Å². The van der Waals surface area contributed by atoms with Crippen LogP contribution in [0.2, 0.25) is 0 Å². The zero-order chi connectivity index (χ0) is 11.9. The van der Waals surface area contributed by atoms with Crippen LogP contribution in [0, 0.1) is 11.3 Å². The van der Waals surface area contributed by atoms with Crippen LogP contribution in [0.1, 0.15) is 43.8 Å². The van der Waals surface area contributed by atoms with Crippen LogP contribution < -0.4 is 0 Å². The first-order chi connectivity index (χ1) is 8.21. The Morgan fingerprint density at radius 2 is 1.88 bits per heavy atom. The summed E-state index contributed by atoms with van der Waals surface area (Å²) in [6.45, 7) is 0. The molecular weight excluding hydrogens is 212 g/mol. The maximum Gasteiger partial charge on any atom is 0.171 e. The molecule has 3 rings (SSSR count). The number of ketones is 1. The van der Waals surface area contributed by atoms with E-state index in [0.29, 0.717) is 0 Å². The van der Waals surface area contributed by atoms with E-state index in [2.05, 4.69) is 0 Å². The van der Waals surface area contributed by atoms with E-state index in [9.17, 15) is 9.90 Å². The predicted molar refractivity (Wildman–Crippen MR) is 65.4 cm³/mol. The number of hydrogen-bond acceptors (Lipinski definition) is 2. The summed E-state index contributed by atoms with van der Waals surface area (Å²) < 4.78 is 0. The highest BCUT2D eigenvalue weighted by molar-refractivity contribution is 5.90. The van der Waals surface area contributed by atoms with Crippen molar-refractivity contribution in [1.29, 1.82) is 0 Å². The highest BCUT2D eigenvalue weighted by Gasteiger charge is 2.51. The highest BCUT2D eigenvalue weighted by atomic mass is 16.3. The van der Waals surface area contributed by atoms with Crippen molar-refractivity contribution in [1.82, 2.24) is 0 Å². The third-order valence-electron chi connectivity index (χ3n) is 4.63. The second-order valence-corrected chi connectivity index (χ2v) is 5.61. The molecule has 2 heteroatoms. The number of carbonyl (C=O) groups is 1. The number of carbonyl (C=O) groups excluding carboxylic acids is 1. The minimum Gasteiger partial charge on any atom is -0.381 e. The fraction of sp³-hybridized carbons (Fsp3) is 0.533. The van der Waals surface area contributed by atoms with Crippen molar-refractivity contribution in [2.75, 3.05) is 0 Å². The first kappa shape index (κ1) is 11.0. The van der Waals surface area contributed by atoms with E-state index in [1.165, 1.54) is 12.8 Å². The number of aliphatic hydroxyl groups is 1. The summed E-state index contributed by atoms with van der Waals surface area (Å²) in [5.74, 6) is 0.797. The molecule has 2 fully saturated rings. The maximum absolute atomic E-state index is 12.5. The fourth-order valence-electron chi connectivity index (χ4n) is 3.61. The number of benzene rings is 1. The first-order valence-electron chi connectivity index (χ1n) is 6.49. The van der Waals surface area contributed by atoms with Crippen molar-refractivity contribution < 1.29 is 9.90 Å². The van der Waals surface area contributed by atoms with Gasteiger partial charge in [0.05, 0.1) is 0 Å². The topological polar surface area (TPSA) is 37.3 Å². The third kappa shape index (κ3) is 1.71. The van der Waals surface area contributed by atoms with Gasteiger partial charge in [-0.25, -0.2) is 0 Å². The van der Waals surface area contributed by atoms with E-state index >= 15 is 0 Å². The van der Waals surface area contributed by atoms with Crippen LogP contribution in [-0.2, 0) is 4.79 Å². The Morgan fingerprint density at radius 1 is 1.24 bits per heavy atom. The standard InChI is InChI=1S/C15H18O2/c16-13(12-4-2-1-3-5-12)14(17)15-8-6-11(10-15)7-9-15/h1-5,11,13,16H,6-10H2. The Hall–Kier alpha value is -1.15. The van der Waals surface area contributed by atoms with Gasteiger partial charge in [-0.05, 0) is 43.6 Å². The minimum absolute atomic E-state index is 0.0590. The number of fused-ring (bicyclic) bond motifs is 2. The quantitative estimate of drug-likeness (QED) is 0.867. The molecule has 2 aliphatic carbocycles. The SMILES string of the molecule is O=C(C(O)c1ccccc1)C12CCC(CC1)C2. The number of hydrogen-bond donors (Lipinski definition) is 1. The van der Waals surface area contributed by atoms with Gasteiger partial charge in [0.1, 0.15) is 6.10 Å². The van der Waals surface area contributed by atoms with Crippen molar-refractivity contribution in [2.24, 2.45) is 11.3 Å². The molecular formula is C15H18O2. The molecule has 90 valence electrons. The van der Waals surface area contributed by atoms with Crippen molar-refractivity contribution in [2.45, 2.75) is 38.2 Å². The Bertz CT molecular complexity index is 416. The Balaban J connectivity index is 1.83. The predicted octanol–water partition coefficient (Wildman–Crippen LogP) is 2.87. The number of rotatable bonds is 3. The average molecular weight is 230 g/mol. The van der Waals surface area contributed by atoms with E-state index in [4.69, 9.17) is 0 Å². The molecule has 0 saturated heterocycles. The van der Waals surface area contributed by atoms with Gasteiger partial charge in [0.2, 0.25) is 0 Å². The van der Waals surface area contributed by atoms with E-state index in [1.54, 1.807) is 0 Å². The van der Waals surface area contributed by atoms with E-state index in [0.717, 1.165) is 30.7 Å². The van der Waals surface area contributed by atoms with E-state index in [-0.39, 0.29) is 11.2 Å². The summed E-state index contributed by atoms with van der Waals surface area (Å²) in [6.07, 6.45) is 4.41. The smallest absolute Gasteiger partial charge is 0.171 e. The van der Waals surface area contributed by atoms with Gasteiger partial charge in [-0.3, -0.25) is 4.79 Å². The molecule has 17 heavy (non-hydrogen) atoms. The molecule has 2 aliphatic rings. The lowest BCUT2D eigenvalue weighted by atomic mass is 9.77. The zero-order valence-electron chi connectivity index (χ0n) is 9.93. The Labute approximate surface area is 102 Å². The maximum atomic E-state index is 12.5. The summed E-state index contributed by atoms with van der Waals surface area (Å²) >= 11 is 0. The van der Waals surface area contributed by atoms with Crippen LogP contribution in [-0.4, -0.2) is 10.9 Å². The molecule has 0 heterocycles. The molecule has 0 aliphatic heterocycles. The monoisotopic (exact) mass is 230 g/mol. The van der Waals surface area contributed by atoms with Crippen LogP contribution >= 0.6 is 0 Å². The second-order valence-electron chi connectivity index (χ2n) is 5.61. The lowest BCUT2D eigenvalue weighted by molar-refractivity contribution is -0.137. The van der Waals surface area contributed by atoms with Crippen LogP contribution in [0.3, 0.4) is 0 Å². The summed E-state index contributed by atoms with van der Waals surface area (Å²) in [4.78, 5) is 12.5. The Kier molecular flexibility index (Phi) is 2.55. The van der Waals surface area contributed by atoms with Crippen molar-refractivity contribution in [3.8, 4) is 0 Å². The summed E-state index contributed by atoms with van der Waals surface area (Å²) in [5, 5.41) is 10.2. The molecule has 0 aromatic heterocycles. The largest absolute Gasteiger partial charge is 0.381 e. The van der Waals surface area contributed by atoms with Gasteiger partial charge in [-0.2, -0.15) is 0 Å². The molecule has 1 aromatic carbocycles. The lowest BCUT2D eigenvalue weighted by Gasteiger charge is -2.27. The van der Waals surface area contributed by atoms with Crippen molar-refractivity contribution in [3.63, 3.8) is 0 Å². The van der Waals surface area contributed by atoms with Crippen LogP contribution in [0.25, 0.3) is 0 Å². The van der Waals surface area contributed by atoms with Gasteiger partial charge < -0.3 is 5.11 Å². The molecule has 0 radical (unpaired) electrons. The van der Waals surface area contributed by atoms with Crippen molar-refractivity contribution >= 4 is 5.78 Å². The molecule has 1 atom stereocenters. The molecule has 1 N–H and O–H groups in total. The first-order valence-corrected chi connectivity index (χ1v) is 6.49. The molecule has 2 nitrogen and oxygen atoms in total. The molecule has 1 unspecified atom stereocenters. The van der Waals surface area contributed by atoms with Crippen LogP contribution in [0.15, 0.2) is 30.3 Å². The van der Waals surface area contributed by atoms with Crippen LogP contribution in [0.4, 0.5) is 0 Å². The third-order valence-corrected chi connectivity index (χ3v) is 4.63. The fourth-order valence-corrected chi connectivity index (χ4v) is 3.61.